The van der Waals surface area contributed by atoms with Crippen LogP contribution in [0.15, 0.2) is 24.3 Å². The maximum Gasteiger partial charge on any atom is 0.408 e. The molecular weight excluding hydrogens is 444 g/mol. The van der Waals surface area contributed by atoms with E-state index in [1.54, 1.807) is 52.0 Å². The molecule has 0 aliphatic carbocycles. The Balaban J connectivity index is 1.69. The number of rotatable bonds is 10. The Bertz CT molecular complexity index is 977. The van der Waals surface area contributed by atoms with Crippen molar-refractivity contribution in [3.05, 3.63) is 35.7 Å². The number of carboxylic acids is 1. The molecular formula is C22H30N6O6. The van der Waals surface area contributed by atoms with E-state index in [2.05, 4.69) is 31.0 Å². The average molecular weight is 475 g/mol. The van der Waals surface area contributed by atoms with Gasteiger partial charge in [-0.2, -0.15) is 0 Å². The van der Waals surface area contributed by atoms with E-state index < -0.39 is 29.8 Å². The molecule has 0 radical (unpaired) electrons. The van der Waals surface area contributed by atoms with Gasteiger partial charge >= 0.3 is 18.2 Å². The Labute approximate surface area is 197 Å². The van der Waals surface area contributed by atoms with Crippen LogP contribution >= 0.6 is 0 Å². The summed E-state index contributed by atoms with van der Waals surface area (Å²) in [5, 5.41) is 30.0. The Hall–Kier alpha value is -3.83. The third-order valence-electron chi connectivity index (χ3n) is 4.31. The summed E-state index contributed by atoms with van der Waals surface area (Å²) in [6, 6.07) is 6.11. The molecule has 1 aromatic carbocycles. The maximum absolute atomic E-state index is 11.9. The van der Waals surface area contributed by atoms with E-state index in [0.717, 1.165) is 5.56 Å². The molecule has 0 aliphatic heterocycles. The minimum Gasteiger partial charge on any atom is -0.480 e. The van der Waals surface area contributed by atoms with E-state index in [4.69, 9.17) is 9.47 Å². The van der Waals surface area contributed by atoms with Gasteiger partial charge < -0.3 is 25.2 Å². The van der Waals surface area contributed by atoms with Gasteiger partial charge in [0, 0.05) is 12.1 Å². The second-order valence-corrected chi connectivity index (χ2v) is 8.51. The summed E-state index contributed by atoms with van der Waals surface area (Å²) >= 11 is 0. The zero-order valence-corrected chi connectivity index (χ0v) is 19.7. The lowest BCUT2D eigenvalue weighted by atomic mass is 10.1. The van der Waals surface area contributed by atoms with Crippen molar-refractivity contribution >= 4 is 18.2 Å². The molecule has 2 aromatic rings. The van der Waals surface area contributed by atoms with Crippen LogP contribution in [0.5, 0.6) is 0 Å². The molecule has 0 fully saturated rings. The number of amides is 2. The predicted octanol–water partition coefficient (Wildman–Crippen LogP) is 2.62. The van der Waals surface area contributed by atoms with Crippen molar-refractivity contribution < 1.29 is 29.0 Å². The smallest absolute Gasteiger partial charge is 0.408 e. The SMILES string of the molecule is Cc1nnc(-c2cccc(COC(=O)NCCCC[C@H](NC(=O)OC(C)(C)C)C(=O)O)c2)nn1. The lowest BCUT2D eigenvalue weighted by molar-refractivity contribution is -0.139. The van der Waals surface area contributed by atoms with Crippen molar-refractivity contribution in [3.63, 3.8) is 0 Å². The topological polar surface area (TPSA) is 166 Å². The molecule has 34 heavy (non-hydrogen) atoms. The number of benzene rings is 1. The molecule has 0 aliphatic rings. The fourth-order valence-electron chi connectivity index (χ4n) is 2.77. The summed E-state index contributed by atoms with van der Waals surface area (Å²) in [6.45, 7) is 7.11. The third kappa shape index (κ3) is 9.76. The molecule has 2 amide bonds. The molecule has 1 aromatic heterocycles. The molecule has 1 heterocycles. The lowest BCUT2D eigenvalue weighted by Crippen LogP contribution is -2.43. The number of aryl methyl sites for hydroxylation is 1. The highest BCUT2D eigenvalue weighted by molar-refractivity contribution is 5.79. The second-order valence-electron chi connectivity index (χ2n) is 8.51. The number of hydrogen-bond donors (Lipinski definition) is 3. The molecule has 1 atom stereocenters. The number of carbonyl (C=O) groups is 3. The Morgan fingerprint density at radius 1 is 1.06 bits per heavy atom. The van der Waals surface area contributed by atoms with Crippen LogP contribution in [0.3, 0.4) is 0 Å². The number of nitrogens with zero attached hydrogens (tertiary/aromatic N) is 4. The largest absolute Gasteiger partial charge is 0.480 e. The van der Waals surface area contributed by atoms with Crippen LogP contribution in [0.4, 0.5) is 9.59 Å². The molecule has 0 unspecified atom stereocenters. The highest BCUT2D eigenvalue weighted by Gasteiger charge is 2.23. The Morgan fingerprint density at radius 3 is 2.41 bits per heavy atom. The first-order valence-corrected chi connectivity index (χ1v) is 10.8. The van der Waals surface area contributed by atoms with Crippen LogP contribution in [0.25, 0.3) is 11.4 Å². The number of ether oxygens (including phenoxy) is 2. The molecule has 0 saturated carbocycles. The van der Waals surface area contributed by atoms with Crippen LogP contribution in [-0.4, -0.2) is 61.8 Å². The van der Waals surface area contributed by atoms with Gasteiger partial charge in [-0.1, -0.05) is 18.2 Å². The molecule has 184 valence electrons. The number of aromatic nitrogens is 4. The quantitative estimate of drug-likeness (QED) is 0.436. The number of carbonyl (C=O) groups excluding carboxylic acids is 2. The fourth-order valence-corrected chi connectivity index (χ4v) is 2.77. The number of hydrogen-bond acceptors (Lipinski definition) is 9. The number of nitrogens with one attached hydrogen (secondary N) is 2. The second kappa shape index (κ2) is 12.4. The van der Waals surface area contributed by atoms with Crippen molar-refractivity contribution in [1.29, 1.82) is 0 Å². The van der Waals surface area contributed by atoms with Crippen molar-refractivity contribution in [2.24, 2.45) is 0 Å². The number of unbranched alkanes of at least 4 members (excludes halogenated alkanes) is 1. The zero-order chi connectivity index (χ0) is 25.1. The van der Waals surface area contributed by atoms with Crippen LogP contribution in [0.2, 0.25) is 0 Å². The summed E-state index contributed by atoms with van der Waals surface area (Å²) in [4.78, 5) is 35.1. The molecule has 12 heteroatoms. The normalized spacial score (nSPS) is 11.9. The third-order valence-corrected chi connectivity index (χ3v) is 4.31. The van der Waals surface area contributed by atoms with E-state index in [0.29, 0.717) is 36.6 Å². The molecule has 2 rings (SSSR count). The summed E-state index contributed by atoms with van der Waals surface area (Å²) in [5.41, 5.74) is 0.727. The van der Waals surface area contributed by atoms with Crippen LogP contribution < -0.4 is 10.6 Å². The van der Waals surface area contributed by atoms with Crippen LogP contribution in [0.1, 0.15) is 51.4 Å². The van der Waals surface area contributed by atoms with E-state index in [-0.39, 0.29) is 13.0 Å². The predicted molar refractivity (Wildman–Crippen MR) is 121 cm³/mol. The number of alkyl carbamates (subject to hydrolysis) is 2. The fraction of sp³-hybridized carbons (Fsp3) is 0.500. The lowest BCUT2D eigenvalue weighted by Gasteiger charge is -2.22. The number of carboxylic acid groups (broad SMARTS) is 1. The maximum atomic E-state index is 11.9. The number of aliphatic carboxylic acids is 1. The molecule has 0 bridgehead atoms. The van der Waals surface area contributed by atoms with Crippen molar-refractivity contribution in [2.45, 2.75) is 65.2 Å². The molecule has 12 nitrogen and oxygen atoms in total. The summed E-state index contributed by atoms with van der Waals surface area (Å²) in [6.07, 6.45) is -0.208. The van der Waals surface area contributed by atoms with Crippen LogP contribution in [0, 0.1) is 6.92 Å². The average Bonchev–Trinajstić information content (AvgIpc) is 2.76. The summed E-state index contributed by atoms with van der Waals surface area (Å²) in [7, 11) is 0. The van der Waals surface area contributed by atoms with Gasteiger partial charge in [0.25, 0.3) is 0 Å². The van der Waals surface area contributed by atoms with Crippen LogP contribution in [-0.2, 0) is 20.9 Å². The molecule has 0 saturated heterocycles. The minimum absolute atomic E-state index is 0.0489. The van der Waals surface area contributed by atoms with Gasteiger partial charge in [-0.15, -0.1) is 20.4 Å². The molecule has 3 N–H and O–H groups in total. The van der Waals surface area contributed by atoms with Crippen molar-refractivity contribution in [1.82, 2.24) is 31.0 Å². The van der Waals surface area contributed by atoms with Crippen molar-refractivity contribution in [2.75, 3.05) is 6.54 Å². The standard InChI is InChI=1S/C22H30N6O6/c1-14-25-27-18(28-26-14)16-9-7-8-15(12-16)13-33-20(31)23-11-6-5-10-17(19(29)30)24-21(32)34-22(2,3)4/h7-9,12,17H,5-6,10-11,13H2,1-4H3,(H,23,31)(H,24,32)(H,29,30)/t17-/m0/s1. The van der Waals surface area contributed by atoms with Gasteiger partial charge in [-0.3, -0.25) is 0 Å². The Kier molecular flexibility index (Phi) is 9.65. The Morgan fingerprint density at radius 2 is 1.76 bits per heavy atom. The van der Waals surface area contributed by atoms with Gasteiger partial charge in [-0.25, -0.2) is 14.4 Å². The highest BCUT2D eigenvalue weighted by atomic mass is 16.6. The van der Waals surface area contributed by atoms with Gasteiger partial charge in [0.05, 0.1) is 0 Å². The van der Waals surface area contributed by atoms with Gasteiger partial charge in [0.1, 0.15) is 18.2 Å². The molecule has 0 spiro atoms. The summed E-state index contributed by atoms with van der Waals surface area (Å²) < 4.78 is 10.3. The first kappa shape index (κ1) is 26.4. The zero-order valence-electron chi connectivity index (χ0n) is 19.7. The minimum atomic E-state index is -1.15. The van der Waals surface area contributed by atoms with Gasteiger partial charge in [-0.05, 0) is 58.6 Å². The summed E-state index contributed by atoms with van der Waals surface area (Å²) in [5.74, 6) is -0.307. The monoisotopic (exact) mass is 474 g/mol. The van der Waals surface area contributed by atoms with Crippen molar-refractivity contribution in [3.8, 4) is 11.4 Å². The first-order valence-electron chi connectivity index (χ1n) is 10.8. The van der Waals surface area contributed by atoms with E-state index >= 15 is 0 Å². The first-order chi connectivity index (χ1) is 16.0. The van der Waals surface area contributed by atoms with Gasteiger partial charge in [0.15, 0.2) is 5.82 Å². The van der Waals surface area contributed by atoms with Gasteiger partial charge in [0.2, 0.25) is 5.82 Å². The van der Waals surface area contributed by atoms with E-state index in [9.17, 15) is 19.5 Å². The van der Waals surface area contributed by atoms with E-state index in [1.807, 2.05) is 0 Å². The van der Waals surface area contributed by atoms with E-state index in [1.165, 1.54) is 0 Å². The highest BCUT2D eigenvalue weighted by Crippen LogP contribution is 2.15.